The summed E-state index contributed by atoms with van der Waals surface area (Å²) in [6.07, 6.45) is 3.33. The Bertz CT molecular complexity index is 1030. The number of carbonyl (C=O) groups is 3. The lowest BCUT2D eigenvalue weighted by molar-refractivity contribution is -0.152. The fourth-order valence-corrected chi connectivity index (χ4v) is 3.75. The second kappa shape index (κ2) is 10.7. The van der Waals surface area contributed by atoms with Crippen molar-refractivity contribution in [2.75, 3.05) is 0 Å². The number of hydrogen-bond acceptors (Lipinski definition) is 5. The Morgan fingerprint density at radius 2 is 1.76 bits per heavy atom. The van der Waals surface area contributed by atoms with Crippen molar-refractivity contribution in [1.82, 2.24) is 4.90 Å². The van der Waals surface area contributed by atoms with Crippen LogP contribution >= 0.6 is 11.6 Å². The molecule has 1 fully saturated rings. The molecular weight excluding hydrogens is 442 g/mol. The zero-order valence-electron chi connectivity index (χ0n) is 19.0. The monoisotopic (exact) mass is 469 g/mol. The predicted octanol–water partition coefficient (Wildman–Crippen LogP) is 5.64. The molecule has 0 bridgehead atoms. The number of hydrogen-bond donors (Lipinski definition) is 0. The first-order chi connectivity index (χ1) is 15.7. The van der Waals surface area contributed by atoms with Gasteiger partial charge in [-0.1, -0.05) is 72.3 Å². The fourth-order valence-electron chi connectivity index (χ4n) is 3.55. The second-order valence-electron chi connectivity index (χ2n) is 8.89. The van der Waals surface area contributed by atoms with Crippen LogP contribution in [0.3, 0.4) is 0 Å². The van der Waals surface area contributed by atoms with Crippen LogP contribution in [0.4, 0.5) is 4.79 Å². The van der Waals surface area contributed by atoms with Gasteiger partial charge in [0.15, 0.2) is 0 Å². The van der Waals surface area contributed by atoms with Crippen LogP contribution in [0.15, 0.2) is 60.7 Å². The zero-order valence-corrected chi connectivity index (χ0v) is 19.7. The molecule has 0 N–H and O–H groups in total. The minimum absolute atomic E-state index is 0.0591. The van der Waals surface area contributed by atoms with Crippen molar-refractivity contribution in [1.29, 1.82) is 0 Å². The van der Waals surface area contributed by atoms with Crippen molar-refractivity contribution < 1.29 is 23.9 Å². The molecule has 6 nitrogen and oxygen atoms in total. The molecule has 0 aliphatic carbocycles. The summed E-state index contributed by atoms with van der Waals surface area (Å²) < 4.78 is 10.8. The van der Waals surface area contributed by atoms with Gasteiger partial charge in [0, 0.05) is 10.9 Å². The van der Waals surface area contributed by atoms with Crippen molar-refractivity contribution in [3.8, 4) is 0 Å². The number of esters is 1. The summed E-state index contributed by atoms with van der Waals surface area (Å²) in [6, 6.07) is 15.5. The number of allylic oxidation sites excluding steroid dienone is 1. The third kappa shape index (κ3) is 6.68. The number of imide groups is 1. The van der Waals surface area contributed by atoms with Gasteiger partial charge in [0.05, 0.1) is 0 Å². The Hall–Kier alpha value is -3.12. The van der Waals surface area contributed by atoms with E-state index in [9.17, 15) is 14.4 Å². The molecule has 2 amide bonds. The molecule has 0 spiro atoms. The van der Waals surface area contributed by atoms with Crippen molar-refractivity contribution in [2.24, 2.45) is 5.92 Å². The molecule has 3 rings (SSSR count). The normalized spacial score (nSPS) is 18.5. The van der Waals surface area contributed by atoms with Gasteiger partial charge in [0.1, 0.15) is 18.2 Å². The molecule has 1 heterocycles. The number of benzene rings is 2. The molecule has 2 aromatic rings. The summed E-state index contributed by atoms with van der Waals surface area (Å²) in [5.74, 6) is -1.63. The van der Waals surface area contributed by atoms with Crippen LogP contribution in [0, 0.1) is 5.92 Å². The van der Waals surface area contributed by atoms with Crippen molar-refractivity contribution in [3.63, 3.8) is 0 Å². The molecule has 1 aliphatic rings. The highest BCUT2D eigenvalue weighted by molar-refractivity contribution is 6.32. The Labute approximate surface area is 199 Å². The second-order valence-corrected chi connectivity index (χ2v) is 9.30. The Kier molecular flexibility index (Phi) is 7.92. The highest BCUT2D eigenvalue weighted by atomic mass is 35.5. The van der Waals surface area contributed by atoms with E-state index in [4.69, 9.17) is 21.1 Å². The summed E-state index contributed by atoms with van der Waals surface area (Å²) in [5.41, 5.74) is 0.836. The van der Waals surface area contributed by atoms with Crippen molar-refractivity contribution in [3.05, 3.63) is 76.8 Å². The van der Waals surface area contributed by atoms with Gasteiger partial charge < -0.3 is 9.47 Å². The number of amides is 2. The highest BCUT2D eigenvalue weighted by Crippen LogP contribution is 2.31. The van der Waals surface area contributed by atoms with Crippen LogP contribution in [0.25, 0.3) is 6.08 Å². The number of carbonyl (C=O) groups excluding carboxylic acids is 3. The van der Waals surface area contributed by atoms with Gasteiger partial charge in [-0.2, -0.15) is 0 Å². The maximum absolute atomic E-state index is 13.1. The first-order valence-electron chi connectivity index (χ1n) is 10.8. The van der Waals surface area contributed by atoms with E-state index in [0.717, 1.165) is 16.0 Å². The van der Waals surface area contributed by atoms with E-state index in [0.29, 0.717) is 11.4 Å². The molecule has 1 aliphatic heterocycles. The first kappa shape index (κ1) is 24.5. The van der Waals surface area contributed by atoms with Gasteiger partial charge in [0.2, 0.25) is 5.91 Å². The van der Waals surface area contributed by atoms with E-state index in [-0.39, 0.29) is 13.0 Å². The van der Waals surface area contributed by atoms with Crippen molar-refractivity contribution >= 4 is 35.6 Å². The lowest BCUT2D eigenvalue weighted by atomic mass is 10.0. The molecule has 7 heteroatoms. The third-order valence-electron chi connectivity index (χ3n) is 5.12. The average Bonchev–Trinajstić information content (AvgIpc) is 3.09. The summed E-state index contributed by atoms with van der Waals surface area (Å²) in [7, 11) is 0. The molecule has 2 aromatic carbocycles. The maximum atomic E-state index is 13.1. The van der Waals surface area contributed by atoms with Gasteiger partial charge in [-0.3, -0.25) is 4.79 Å². The van der Waals surface area contributed by atoms with E-state index in [1.54, 1.807) is 26.8 Å². The maximum Gasteiger partial charge on any atom is 0.417 e. The average molecular weight is 470 g/mol. The molecule has 0 unspecified atom stereocenters. The molecule has 0 aromatic heterocycles. The van der Waals surface area contributed by atoms with Crippen LogP contribution in [0.2, 0.25) is 5.02 Å². The van der Waals surface area contributed by atoms with E-state index in [1.165, 1.54) is 0 Å². The van der Waals surface area contributed by atoms with Crippen LogP contribution in [-0.4, -0.2) is 34.5 Å². The lowest BCUT2D eigenvalue weighted by Crippen LogP contribution is -2.46. The van der Waals surface area contributed by atoms with Crippen molar-refractivity contribution in [2.45, 2.75) is 51.9 Å². The highest BCUT2D eigenvalue weighted by Gasteiger charge is 2.48. The summed E-state index contributed by atoms with van der Waals surface area (Å²) in [4.78, 5) is 39.7. The Balaban J connectivity index is 1.73. The molecule has 2 atom stereocenters. The Morgan fingerprint density at radius 1 is 1.09 bits per heavy atom. The van der Waals surface area contributed by atoms with E-state index in [1.807, 2.05) is 60.7 Å². The summed E-state index contributed by atoms with van der Waals surface area (Å²) >= 11 is 6.18. The topological polar surface area (TPSA) is 72.9 Å². The predicted molar refractivity (Wildman–Crippen MR) is 126 cm³/mol. The molecular formula is C26H28ClNO5. The SMILES string of the molecule is CC(C)(C)OC(=O)N1C(=O)[C@H](C/C=C/c2ccccc2Cl)C[C@H]1C(=O)OCc1ccccc1. The lowest BCUT2D eigenvalue weighted by Gasteiger charge is -2.26. The molecule has 0 radical (unpaired) electrons. The molecule has 0 saturated carbocycles. The van der Waals surface area contributed by atoms with E-state index >= 15 is 0 Å². The van der Waals surface area contributed by atoms with Gasteiger partial charge >= 0.3 is 12.1 Å². The largest absolute Gasteiger partial charge is 0.459 e. The zero-order chi connectivity index (χ0) is 24.0. The first-order valence-corrected chi connectivity index (χ1v) is 11.2. The molecule has 174 valence electrons. The van der Waals surface area contributed by atoms with E-state index < -0.39 is 35.5 Å². The van der Waals surface area contributed by atoms with Gasteiger partial charge in [0.25, 0.3) is 0 Å². The van der Waals surface area contributed by atoms with Gasteiger partial charge in [-0.25, -0.2) is 14.5 Å². The third-order valence-corrected chi connectivity index (χ3v) is 5.46. The number of halogens is 1. The number of rotatable bonds is 6. The van der Waals surface area contributed by atoms with E-state index in [2.05, 4.69) is 0 Å². The van der Waals surface area contributed by atoms with Crippen LogP contribution in [0.1, 0.15) is 44.7 Å². The number of nitrogens with zero attached hydrogens (tertiary/aromatic N) is 1. The van der Waals surface area contributed by atoms with Crippen LogP contribution in [-0.2, 0) is 25.7 Å². The van der Waals surface area contributed by atoms with Crippen LogP contribution < -0.4 is 0 Å². The standard InChI is InChI=1S/C26H28ClNO5/c1-26(2,3)33-25(31)28-22(24(30)32-17-18-10-5-4-6-11-18)16-20(23(28)29)14-9-13-19-12-7-8-15-21(19)27/h4-13,15,20,22H,14,16-17H2,1-3H3/b13-9+/t20-,22+/m1/s1. The van der Waals surface area contributed by atoms with Crippen LogP contribution in [0.5, 0.6) is 0 Å². The summed E-state index contributed by atoms with van der Waals surface area (Å²) in [5, 5.41) is 0.601. The fraction of sp³-hybridized carbons (Fsp3) is 0.346. The molecule has 1 saturated heterocycles. The number of ether oxygens (including phenoxy) is 2. The smallest absolute Gasteiger partial charge is 0.417 e. The quantitative estimate of drug-likeness (QED) is 0.512. The number of likely N-dealkylation sites (tertiary alicyclic amines) is 1. The Morgan fingerprint density at radius 3 is 2.42 bits per heavy atom. The minimum atomic E-state index is -1.03. The van der Waals surface area contributed by atoms with Gasteiger partial charge in [-0.15, -0.1) is 0 Å². The minimum Gasteiger partial charge on any atom is -0.459 e. The summed E-state index contributed by atoms with van der Waals surface area (Å²) in [6.45, 7) is 5.18. The van der Waals surface area contributed by atoms with Gasteiger partial charge in [-0.05, 0) is 50.8 Å². The molecule has 33 heavy (non-hydrogen) atoms.